The Hall–Kier alpha value is -4.63. The van der Waals surface area contributed by atoms with Crippen molar-refractivity contribution in [2.24, 2.45) is 0 Å². The van der Waals surface area contributed by atoms with Crippen LogP contribution in [-0.4, -0.2) is 13.4 Å². The summed E-state index contributed by atoms with van der Waals surface area (Å²) in [4.78, 5) is 13.9. The van der Waals surface area contributed by atoms with Crippen LogP contribution in [0.2, 0.25) is 0 Å². The number of ether oxygens (including phenoxy) is 1. The molecule has 0 atom stereocenters. The molecule has 5 rings (SSSR count). The largest absolute Gasteiger partial charge is 0.497 e. The molecule has 0 amide bonds. The molecule has 0 aliphatic carbocycles. The van der Waals surface area contributed by atoms with Gasteiger partial charge in [0.15, 0.2) is 6.29 Å². The highest BCUT2D eigenvalue weighted by atomic mass is 16.5. The summed E-state index contributed by atoms with van der Waals surface area (Å²) in [6.45, 7) is 0. The topological polar surface area (TPSA) is 29.5 Å². The quantitative estimate of drug-likeness (QED) is 0.234. The summed E-state index contributed by atoms with van der Waals surface area (Å²) in [7, 11) is 1.67. The smallest absolute Gasteiger partial charge is 0.150 e. The molecule has 0 N–H and O–H groups in total. The van der Waals surface area contributed by atoms with E-state index >= 15 is 0 Å². The molecule has 35 heavy (non-hydrogen) atoms. The van der Waals surface area contributed by atoms with Gasteiger partial charge in [0.1, 0.15) is 5.75 Å². The molecule has 0 bridgehead atoms. The Kier molecular flexibility index (Phi) is 6.40. The lowest BCUT2D eigenvalue weighted by molar-refractivity contribution is 0.112. The highest BCUT2D eigenvalue weighted by molar-refractivity contribution is 6.05. The molecule has 5 aromatic carbocycles. The maximum atomic E-state index is 11.8. The standard InChI is InChI=1S/C32H25NO2/c1-35-28-19-17-27(18-20-28)33(32-21-16-26(23-34)29-14-8-9-15-30(29)32)22-31(24-10-4-2-5-11-24)25-12-6-3-7-13-25/h2-23H,1H3. The predicted molar refractivity (Wildman–Crippen MR) is 144 cm³/mol. The van der Waals surface area contributed by atoms with E-state index in [-0.39, 0.29) is 0 Å². The van der Waals surface area contributed by atoms with Gasteiger partial charge >= 0.3 is 0 Å². The first-order valence-electron chi connectivity index (χ1n) is 11.5. The van der Waals surface area contributed by atoms with Crippen LogP contribution in [0.3, 0.4) is 0 Å². The van der Waals surface area contributed by atoms with Crippen molar-refractivity contribution in [3.63, 3.8) is 0 Å². The molecule has 0 heterocycles. The molecule has 0 radical (unpaired) electrons. The average Bonchev–Trinajstić information content (AvgIpc) is 2.94. The monoisotopic (exact) mass is 455 g/mol. The Labute approximate surface area is 205 Å². The first-order valence-corrected chi connectivity index (χ1v) is 11.5. The second-order valence-corrected chi connectivity index (χ2v) is 8.18. The Morgan fingerprint density at radius 1 is 0.657 bits per heavy atom. The lowest BCUT2D eigenvalue weighted by Gasteiger charge is -2.25. The number of hydrogen-bond donors (Lipinski definition) is 0. The van der Waals surface area contributed by atoms with Crippen LogP contribution in [0.5, 0.6) is 5.75 Å². The van der Waals surface area contributed by atoms with E-state index in [4.69, 9.17) is 4.74 Å². The van der Waals surface area contributed by atoms with E-state index in [1.807, 2.05) is 66.7 Å². The third-order valence-electron chi connectivity index (χ3n) is 6.10. The normalized spacial score (nSPS) is 10.5. The van der Waals surface area contributed by atoms with Crippen molar-refractivity contribution in [1.82, 2.24) is 0 Å². The zero-order valence-corrected chi connectivity index (χ0v) is 19.5. The highest BCUT2D eigenvalue weighted by Crippen LogP contribution is 2.37. The number of rotatable bonds is 7. The number of carbonyl (C=O) groups excluding carboxylic acids is 1. The highest BCUT2D eigenvalue weighted by Gasteiger charge is 2.15. The second kappa shape index (κ2) is 10.1. The first kappa shape index (κ1) is 22.2. The molecule has 3 nitrogen and oxygen atoms in total. The summed E-state index contributed by atoms with van der Waals surface area (Å²) in [6.07, 6.45) is 3.09. The molecule has 0 unspecified atom stereocenters. The zero-order valence-electron chi connectivity index (χ0n) is 19.5. The molecule has 0 saturated carbocycles. The number of carbonyl (C=O) groups is 1. The lowest BCUT2D eigenvalue weighted by Crippen LogP contribution is -2.11. The average molecular weight is 456 g/mol. The van der Waals surface area contributed by atoms with Crippen molar-refractivity contribution < 1.29 is 9.53 Å². The van der Waals surface area contributed by atoms with Gasteiger partial charge in [0.25, 0.3) is 0 Å². The number of methoxy groups -OCH3 is 1. The summed E-state index contributed by atoms with van der Waals surface area (Å²) >= 11 is 0. The minimum atomic E-state index is 0.675. The van der Waals surface area contributed by atoms with Gasteiger partial charge in [0.05, 0.1) is 12.8 Å². The molecule has 0 spiro atoms. The molecule has 0 saturated heterocycles. The van der Waals surface area contributed by atoms with E-state index in [2.05, 4.69) is 65.7 Å². The molecule has 0 aromatic heterocycles. The van der Waals surface area contributed by atoms with Crippen molar-refractivity contribution in [3.05, 3.63) is 144 Å². The third-order valence-corrected chi connectivity index (χ3v) is 6.10. The van der Waals surface area contributed by atoms with Gasteiger partial charge in [-0.05, 0) is 52.9 Å². The minimum Gasteiger partial charge on any atom is -0.497 e. The van der Waals surface area contributed by atoms with Gasteiger partial charge in [-0.25, -0.2) is 0 Å². The SMILES string of the molecule is COc1ccc(N(C=C(c2ccccc2)c2ccccc2)c2ccc(C=O)c3ccccc23)cc1. The maximum Gasteiger partial charge on any atom is 0.150 e. The molecule has 0 fully saturated rings. The number of fused-ring (bicyclic) bond motifs is 1. The fraction of sp³-hybridized carbons (Fsp3) is 0.0312. The van der Waals surface area contributed by atoms with Gasteiger partial charge in [-0.3, -0.25) is 4.79 Å². The number of nitrogens with zero attached hydrogens (tertiary/aromatic N) is 1. The summed E-state index contributed by atoms with van der Waals surface area (Å²) < 4.78 is 5.40. The Balaban J connectivity index is 1.78. The van der Waals surface area contributed by atoms with E-state index in [1.165, 1.54) is 0 Å². The predicted octanol–water partition coefficient (Wildman–Crippen LogP) is 7.89. The van der Waals surface area contributed by atoms with Crippen LogP contribution in [0, 0.1) is 0 Å². The number of aldehydes is 1. The molecular weight excluding hydrogens is 430 g/mol. The molecule has 0 aliphatic rings. The molecule has 170 valence electrons. The van der Waals surface area contributed by atoms with Crippen molar-refractivity contribution in [2.45, 2.75) is 0 Å². The fourth-order valence-electron chi connectivity index (χ4n) is 4.33. The molecular formula is C32H25NO2. The van der Waals surface area contributed by atoms with Crippen LogP contribution in [0.1, 0.15) is 21.5 Å². The van der Waals surface area contributed by atoms with Crippen LogP contribution < -0.4 is 9.64 Å². The number of benzene rings is 5. The van der Waals surface area contributed by atoms with Gasteiger partial charge in [-0.15, -0.1) is 0 Å². The first-order chi connectivity index (χ1) is 17.3. The maximum absolute atomic E-state index is 11.8. The van der Waals surface area contributed by atoms with E-state index in [0.717, 1.165) is 50.9 Å². The van der Waals surface area contributed by atoms with E-state index < -0.39 is 0 Å². The third kappa shape index (κ3) is 4.57. The lowest BCUT2D eigenvalue weighted by atomic mass is 9.98. The Morgan fingerprint density at radius 2 is 1.23 bits per heavy atom. The van der Waals surface area contributed by atoms with Crippen molar-refractivity contribution in [2.75, 3.05) is 12.0 Å². The van der Waals surface area contributed by atoms with E-state index in [9.17, 15) is 4.79 Å². The number of anilines is 2. The van der Waals surface area contributed by atoms with Crippen LogP contribution in [0.25, 0.3) is 16.3 Å². The van der Waals surface area contributed by atoms with Crippen molar-refractivity contribution >= 4 is 34.0 Å². The molecule has 0 aliphatic heterocycles. The van der Waals surface area contributed by atoms with Crippen LogP contribution in [0.4, 0.5) is 11.4 Å². The van der Waals surface area contributed by atoms with Gasteiger partial charge in [0, 0.05) is 28.4 Å². The second-order valence-electron chi connectivity index (χ2n) is 8.18. The van der Waals surface area contributed by atoms with Crippen LogP contribution >= 0.6 is 0 Å². The van der Waals surface area contributed by atoms with Gasteiger partial charge in [0.2, 0.25) is 0 Å². The fourth-order valence-corrected chi connectivity index (χ4v) is 4.33. The minimum absolute atomic E-state index is 0.675. The van der Waals surface area contributed by atoms with E-state index in [1.54, 1.807) is 7.11 Å². The van der Waals surface area contributed by atoms with Crippen LogP contribution in [-0.2, 0) is 0 Å². The van der Waals surface area contributed by atoms with Gasteiger partial charge in [-0.2, -0.15) is 0 Å². The van der Waals surface area contributed by atoms with Gasteiger partial charge in [-0.1, -0.05) is 84.9 Å². The summed E-state index contributed by atoms with van der Waals surface area (Å²) in [5.41, 5.74) is 5.97. The van der Waals surface area contributed by atoms with Crippen LogP contribution in [0.15, 0.2) is 128 Å². The summed E-state index contributed by atoms with van der Waals surface area (Å²) in [5, 5.41) is 1.93. The molecule has 5 aromatic rings. The Bertz CT molecular complexity index is 1430. The van der Waals surface area contributed by atoms with Crippen molar-refractivity contribution in [1.29, 1.82) is 0 Å². The van der Waals surface area contributed by atoms with Gasteiger partial charge < -0.3 is 9.64 Å². The summed E-state index contributed by atoms with van der Waals surface area (Å²) in [5.74, 6) is 0.796. The van der Waals surface area contributed by atoms with Crippen molar-refractivity contribution in [3.8, 4) is 5.75 Å². The van der Waals surface area contributed by atoms with E-state index in [0.29, 0.717) is 5.56 Å². The zero-order chi connectivity index (χ0) is 24.0. The molecule has 3 heteroatoms. The Morgan fingerprint density at radius 3 is 1.80 bits per heavy atom. The summed E-state index contributed by atoms with van der Waals surface area (Å²) in [6, 6.07) is 40.7. The number of hydrogen-bond acceptors (Lipinski definition) is 3.